The molecule has 0 spiro atoms. The number of halogens is 1. The molecule has 1 fully saturated rings. The summed E-state index contributed by atoms with van der Waals surface area (Å²) in [7, 11) is 0. The molecule has 1 saturated heterocycles. The highest BCUT2D eigenvalue weighted by Gasteiger charge is 2.21. The molecule has 1 aliphatic heterocycles. The van der Waals surface area contributed by atoms with Gasteiger partial charge in [0.2, 0.25) is 0 Å². The highest BCUT2D eigenvalue weighted by Crippen LogP contribution is 2.28. The van der Waals surface area contributed by atoms with Crippen molar-refractivity contribution in [1.29, 1.82) is 0 Å². The zero-order chi connectivity index (χ0) is 24.2. The van der Waals surface area contributed by atoms with Gasteiger partial charge in [-0.15, -0.1) is 11.3 Å². The predicted molar refractivity (Wildman–Crippen MR) is 145 cm³/mol. The molecule has 35 heavy (non-hydrogen) atoms. The first kappa shape index (κ1) is 24.2. The Balaban J connectivity index is 1.43. The van der Waals surface area contributed by atoms with Crippen molar-refractivity contribution < 1.29 is 9.53 Å². The second-order valence-electron chi connectivity index (χ2n) is 8.65. The molecule has 3 heterocycles. The van der Waals surface area contributed by atoms with E-state index in [1.54, 1.807) is 17.5 Å². The van der Waals surface area contributed by atoms with Crippen LogP contribution in [0.15, 0.2) is 66.9 Å². The molecule has 0 radical (unpaired) electrons. The number of carbonyl (C=O) groups excluding carboxylic acids is 1. The van der Waals surface area contributed by atoms with Gasteiger partial charge in [0.15, 0.2) is 0 Å². The van der Waals surface area contributed by atoms with Gasteiger partial charge < -0.3 is 14.6 Å². The summed E-state index contributed by atoms with van der Waals surface area (Å²) in [5, 5.41) is 1.61. The minimum atomic E-state index is -0.0899. The number of hydrogen-bond donors (Lipinski definition) is 1. The van der Waals surface area contributed by atoms with Gasteiger partial charge in [-0.1, -0.05) is 66.3 Å². The molecule has 1 aliphatic rings. The number of hydrogen-bond acceptors (Lipinski definition) is 5. The average molecular weight is 524 g/mol. The predicted octanol–water partition coefficient (Wildman–Crippen LogP) is 6.29. The Morgan fingerprint density at radius 2 is 1.74 bits per heavy atom. The molecule has 1 N–H and O–H groups in total. The molecule has 0 aliphatic carbocycles. The molecule has 0 unspecified atom stereocenters. The maximum absolute atomic E-state index is 13.8. The number of morpholine rings is 1. The van der Waals surface area contributed by atoms with Crippen LogP contribution in [0, 0.1) is 4.51 Å². The van der Waals surface area contributed by atoms with Gasteiger partial charge in [0.1, 0.15) is 4.83 Å². The second kappa shape index (κ2) is 11.0. The van der Waals surface area contributed by atoms with Crippen LogP contribution in [0.25, 0.3) is 10.2 Å². The van der Waals surface area contributed by atoms with Gasteiger partial charge in [0.05, 0.1) is 23.3 Å². The minimum absolute atomic E-state index is 0.0899. The third-order valence-corrected chi connectivity index (χ3v) is 7.87. The van der Waals surface area contributed by atoms with Gasteiger partial charge >= 0.3 is 0 Å². The number of nitrogens with one attached hydrogen (secondary N) is 1. The molecule has 5 rings (SSSR count). The Morgan fingerprint density at radius 3 is 2.46 bits per heavy atom. The highest BCUT2D eigenvalue weighted by molar-refractivity contribution is 7.71. The maximum Gasteiger partial charge on any atom is 0.257 e. The number of fused-ring (bicyclic) bond motifs is 1. The van der Waals surface area contributed by atoms with Crippen LogP contribution in [0.3, 0.4) is 0 Å². The topological polar surface area (TPSA) is 48.6 Å². The number of rotatable bonds is 7. The normalized spacial score (nSPS) is 14.3. The zero-order valence-electron chi connectivity index (χ0n) is 19.2. The van der Waals surface area contributed by atoms with E-state index in [1.165, 1.54) is 4.88 Å². The summed E-state index contributed by atoms with van der Waals surface area (Å²) in [5.74, 6) is -0.0899. The van der Waals surface area contributed by atoms with Crippen molar-refractivity contribution in [3.05, 3.63) is 98.0 Å². The molecule has 2 aromatic carbocycles. The lowest BCUT2D eigenvalue weighted by atomic mass is 10.1. The van der Waals surface area contributed by atoms with E-state index < -0.39 is 0 Å². The molecular weight excluding hydrogens is 498 g/mol. The van der Waals surface area contributed by atoms with Gasteiger partial charge in [0, 0.05) is 54.2 Å². The third-order valence-electron chi connectivity index (χ3n) is 6.12. The first-order valence-corrected chi connectivity index (χ1v) is 13.2. The van der Waals surface area contributed by atoms with Crippen LogP contribution in [0.4, 0.5) is 0 Å². The fourth-order valence-electron chi connectivity index (χ4n) is 4.27. The summed E-state index contributed by atoms with van der Waals surface area (Å²) in [6.45, 7) is 5.22. The Labute approximate surface area is 218 Å². The van der Waals surface area contributed by atoms with Crippen LogP contribution in [-0.2, 0) is 24.4 Å². The smallest absolute Gasteiger partial charge is 0.257 e. The van der Waals surface area contributed by atoms with E-state index in [1.807, 2.05) is 59.5 Å². The number of H-pyrrole nitrogens is 1. The van der Waals surface area contributed by atoms with Crippen molar-refractivity contribution in [2.45, 2.75) is 19.6 Å². The summed E-state index contributed by atoms with van der Waals surface area (Å²) in [6, 6.07) is 19.7. The lowest BCUT2D eigenvalue weighted by Crippen LogP contribution is -2.35. The van der Waals surface area contributed by atoms with Crippen molar-refractivity contribution in [2.75, 3.05) is 26.3 Å². The molecule has 0 saturated carbocycles. The number of aromatic nitrogens is 1. The number of ether oxygens (including phenoxy) is 1. The van der Waals surface area contributed by atoms with Crippen LogP contribution in [0.5, 0.6) is 0 Å². The first-order valence-electron chi connectivity index (χ1n) is 11.6. The number of carbonyl (C=O) groups is 1. The second-order valence-corrected chi connectivity index (χ2v) is 10.6. The molecule has 1 amide bonds. The van der Waals surface area contributed by atoms with Crippen molar-refractivity contribution in [2.24, 2.45) is 0 Å². The quantitative estimate of drug-likeness (QED) is 0.289. The SMILES string of the molecule is O=C(c1c[nH]c2sc(CN3CCOCC3)cc2c1=S)N(Cc1ccccc1)Cc1ccc(Cl)cc1. The van der Waals surface area contributed by atoms with Crippen molar-refractivity contribution in [3.8, 4) is 0 Å². The number of pyridine rings is 1. The van der Waals surface area contributed by atoms with E-state index in [2.05, 4.69) is 16.0 Å². The number of thiophene rings is 1. The summed E-state index contributed by atoms with van der Waals surface area (Å²) >= 11 is 13.6. The van der Waals surface area contributed by atoms with E-state index in [9.17, 15) is 4.79 Å². The minimum Gasteiger partial charge on any atom is -0.379 e. The van der Waals surface area contributed by atoms with Crippen LogP contribution in [0.2, 0.25) is 5.02 Å². The molecule has 0 bridgehead atoms. The summed E-state index contributed by atoms with van der Waals surface area (Å²) < 4.78 is 6.06. The van der Waals surface area contributed by atoms with Crippen molar-refractivity contribution in [3.63, 3.8) is 0 Å². The van der Waals surface area contributed by atoms with Crippen LogP contribution in [-0.4, -0.2) is 47.0 Å². The lowest BCUT2D eigenvalue weighted by Gasteiger charge is -2.25. The van der Waals surface area contributed by atoms with E-state index in [-0.39, 0.29) is 5.91 Å². The number of amides is 1. The summed E-state index contributed by atoms with van der Waals surface area (Å²) in [6.07, 6.45) is 1.77. The fourth-order valence-corrected chi connectivity index (χ4v) is 5.84. The number of aromatic amines is 1. The van der Waals surface area contributed by atoms with E-state index in [4.69, 9.17) is 28.6 Å². The van der Waals surface area contributed by atoms with Crippen LogP contribution >= 0.6 is 35.2 Å². The van der Waals surface area contributed by atoms with E-state index in [0.717, 1.165) is 54.2 Å². The van der Waals surface area contributed by atoms with Gasteiger partial charge in [-0.25, -0.2) is 0 Å². The molecular formula is C27H26ClN3O2S2. The number of nitrogens with zero attached hydrogens (tertiary/aromatic N) is 2. The third kappa shape index (κ3) is 5.82. The Morgan fingerprint density at radius 1 is 1.06 bits per heavy atom. The fraction of sp³-hybridized carbons (Fsp3) is 0.259. The standard InChI is InChI=1S/C27H26ClN3O2S2/c28-21-8-6-20(7-9-21)17-31(16-19-4-2-1-3-5-19)27(32)24-15-29-26-23(25(24)34)14-22(35-26)18-30-10-12-33-13-11-30/h1-9,14-15H,10-13,16-18H2,(H,29,34). The molecule has 4 aromatic rings. The molecule has 8 heteroatoms. The molecule has 180 valence electrons. The van der Waals surface area contributed by atoms with Crippen molar-refractivity contribution >= 4 is 51.3 Å². The Kier molecular flexibility index (Phi) is 7.60. The highest BCUT2D eigenvalue weighted by atomic mass is 35.5. The number of benzene rings is 2. The molecule has 2 aromatic heterocycles. The summed E-state index contributed by atoms with van der Waals surface area (Å²) in [4.78, 5) is 23.6. The van der Waals surface area contributed by atoms with Gasteiger partial charge in [0.25, 0.3) is 5.91 Å². The van der Waals surface area contributed by atoms with Gasteiger partial charge in [-0.3, -0.25) is 9.69 Å². The lowest BCUT2D eigenvalue weighted by molar-refractivity contribution is 0.0346. The van der Waals surface area contributed by atoms with E-state index in [0.29, 0.717) is 28.2 Å². The first-order chi connectivity index (χ1) is 17.1. The van der Waals surface area contributed by atoms with E-state index >= 15 is 0 Å². The van der Waals surface area contributed by atoms with Gasteiger partial charge in [-0.2, -0.15) is 0 Å². The Bertz CT molecular complexity index is 1360. The largest absolute Gasteiger partial charge is 0.379 e. The molecule has 5 nitrogen and oxygen atoms in total. The van der Waals surface area contributed by atoms with Crippen LogP contribution < -0.4 is 0 Å². The summed E-state index contributed by atoms with van der Waals surface area (Å²) in [5.41, 5.74) is 2.60. The maximum atomic E-state index is 13.8. The van der Waals surface area contributed by atoms with Crippen molar-refractivity contribution in [1.82, 2.24) is 14.8 Å². The molecule has 0 atom stereocenters. The monoisotopic (exact) mass is 523 g/mol. The average Bonchev–Trinajstić information content (AvgIpc) is 3.29. The van der Waals surface area contributed by atoms with Crippen LogP contribution in [0.1, 0.15) is 26.4 Å². The zero-order valence-corrected chi connectivity index (χ0v) is 21.6. The van der Waals surface area contributed by atoms with Gasteiger partial charge in [-0.05, 0) is 29.3 Å². The Hall–Kier alpha value is -2.55.